The third-order valence-electron chi connectivity index (χ3n) is 2.82. The van der Waals surface area contributed by atoms with Gasteiger partial charge in [-0.3, -0.25) is 0 Å². The van der Waals surface area contributed by atoms with E-state index < -0.39 is 0 Å². The maximum atomic E-state index is 6.15. The molecule has 20 heavy (non-hydrogen) atoms. The van der Waals surface area contributed by atoms with E-state index in [9.17, 15) is 0 Å². The van der Waals surface area contributed by atoms with Crippen LogP contribution in [0, 0.1) is 6.92 Å². The van der Waals surface area contributed by atoms with E-state index in [-0.39, 0.29) is 0 Å². The molecule has 2 rings (SSSR count). The highest BCUT2D eigenvalue weighted by Crippen LogP contribution is 2.23. The first-order valence-electron chi connectivity index (χ1n) is 6.79. The second kappa shape index (κ2) is 7.27. The average molecular weight is 291 g/mol. The number of pyridine rings is 1. The zero-order chi connectivity index (χ0) is 14.4. The van der Waals surface area contributed by atoms with Crippen LogP contribution in [0.3, 0.4) is 0 Å². The molecule has 0 saturated heterocycles. The molecule has 0 bridgehead atoms. The van der Waals surface area contributed by atoms with Crippen molar-refractivity contribution in [3.63, 3.8) is 0 Å². The fraction of sp³-hybridized carbons (Fsp3) is 0.312. The highest BCUT2D eigenvalue weighted by molar-refractivity contribution is 6.31. The third kappa shape index (κ3) is 4.22. The van der Waals surface area contributed by atoms with Crippen LogP contribution in [0.4, 0.5) is 0 Å². The van der Waals surface area contributed by atoms with Gasteiger partial charge in [-0.1, -0.05) is 30.7 Å². The summed E-state index contributed by atoms with van der Waals surface area (Å²) in [7, 11) is 0. The minimum absolute atomic E-state index is 0.563. The van der Waals surface area contributed by atoms with E-state index in [4.69, 9.17) is 16.3 Å². The van der Waals surface area contributed by atoms with Gasteiger partial charge in [0.05, 0.1) is 10.7 Å². The van der Waals surface area contributed by atoms with Crippen LogP contribution in [0.25, 0.3) is 0 Å². The lowest BCUT2D eigenvalue weighted by molar-refractivity contribution is 0.459. The highest BCUT2D eigenvalue weighted by atomic mass is 35.5. The van der Waals surface area contributed by atoms with Crippen LogP contribution in [-0.2, 0) is 6.54 Å². The zero-order valence-corrected chi connectivity index (χ0v) is 12.6. The van der Waals surface area contributed by atoms with Crippen LogP contribution in [0.2, 0.25) is 5.02 Å². The molecule has 0 fully saturated rings. The van der Waals surface area contributed by atoms with Crippen molar-refractivity contribution in [1.29, 1.82) is 0 Å². The molecule has 4 heteroatoms. The number of hydrogen-bond acceptors (Lipinski definition) is 3. The summed E-state index contributed by atoms with van der Waals surface area (Å²) in [4.78, 5) is 4.45. The van der Waals surface area contributed by atoms with Crippen LogP contribution in [0.15, 0.2) is 36.4 Å². The first-order chi connectivity index (χ1) is 9.69. The molecule has 0 aliphatic heterocycles. The van der Waals surface area contributed by atoms with Gasteiger partial charge in [-0.05, 0) is 43.7 Å². The molecule has 1 aromatic carbocycles. The van der Waals surface area contributed by atoms with Crippen LogP contribution < -0.4 is 10.1 Å². The Bertz CT molecular complexity index is 572. The molecule has 0 saturated carbocycles. The van der Waals surface area contributed by atoms with Crippen LogP contribution >= 0.6 is 11.6 Å². The molecule has 0 spiro atoms. The molecule has 106 valence electrons. The smallest absolute Gasteiger partial charge is 0.219 e. The second-order valence-electron chi connectivity index (χ2n) is 4.67. The van der Waals surface area contributed by atoms with Crippen molar-refractivity contribution >= 4 is 11.6 Å². The van der Waals surface area contributed by atoms with Crippen molar-refractivity contribution in [2.45, 2.75) is 26.8 Å². The summed E-state index contributed by atoms with van der Waals surface area (Å²) in [5, 5.41) is 3.95. The molecule has 1 heterocycles. The first kappa shape index (κ1) is 14.8. The topological polar surface area (TPSA) is 34.2 Å². The van der Waals surface area contributed by atoms with Gasteiger partial charge in [0.15, 0.2) is 0 Å². The van der Waals surface area contributed by atoms with Gasteiger partial charge in [-0.2, -0.15) is 0 Å². The lowest BCUT2D eigenvalue weighted by Gasteiger charge is -2.09. The molecular formula is C16H19ClN2O. The van der Waals surface area contributed by atoms with E-state index >= 15 is 0 Å². The van der Waals surface area contributed by atoms with Gasteiger partial charge in [-0.15, -0.1) is 0 Å². The Morgan fingerprint density at radius 3 is 2.85 bits per heavy atom. The van der Waals surface area contributed by atoms with Crippen LogP contribution in [0.5, 0.6) is 11.6 Å². The quantitative estimate of drug-likeness (QED) is 0.804. The van der Waals surface area contributed by atoms with Crippen molar-refractivity contribution < 1.29 is 4.74 Å². The minimum Gasteiger partial charge on any atom is -0.439 e. The van der Waals surface area contributed by atoms with Gasteiger partial charge in [-0.25, -0.2) is 4.98 Å². The van der Waals surface area contributed by atoms with Gasteiger partial charge in [0.1, 0.15) is 5.75 Å². The monoisotopic (exact) mass is 290 g/mol. The maximum Gasteiger partial charge on any atom is 0.219 e. The Morgan fingerprint density at radius 2 is 2.10 bits per heavy atom. The molecule has 1 N–H and O–H groups in total. The Labute approximate surface area is 124 Å². The minimum atomic E-state index is 0.563. The predicted molar refractivity (Wildman–Crippen MR) is 82.5 cm³/mol. The molecule has 0 amide bonds. The summed E-state index contributed by atoms with van der Waals surface area (Å²) < 4.78 is 5.76. The summed E-state index contributed by atoms with van der Waals surface area (Å²) in [6.45, 7) is 5.75. The molecule has 0 aliphatic carbocycles. The third-order valence-corrected chi connectivity index (χ3v) is 3.17. The molecule has 0 atom stereocenters. The lowest BCUT2D eigenvalue weighted by atomic mass is 10.2. The summed E-state index contributed by atoms with van der Waals surface area (Å²) in [6.07, 6.45) is 1.08. The number of hydrogen-bond donors (Lipinski definition) is 1. The fourth-order valence-corrected chi connectivity index (χ4v) is 2.00. The largest absolute Gasteiger partial charge is 0.439 e. The number of benzene rings is 1. The van der Waals surface area contributed by atoms with Gasteiger partial charge < -0.3 is 10.1 Å². The van der Waals surface area contributed by atoms with Crippen molar-refractivity contribution in [1.82, 2.24) is 10.3 Å². The molecule has 0 unspecified atom stereocenters. The second-order valence-corrected chi connectivity index (χ2v) is 5.08. The number of nitrogens with zero attached hydrogens (tertiary/aromatic N) is 1. The average Bonchev–Trinajstić information content (AvgIpc) is 2.42. The number of nitrogens with one attached hydrogen (secondary N) is 1. The van der Waals surface area contributed by atoms with Crippen LogP contribution in [-0.4, -0.2) is 11.5 Å². The van der Waals surface area contributed by atoms with Crippen LogP contribution in [0.1, 0.15) is 24.6 Å². The number of aromatic nitrogens is 1. The number of rotatable bonds is 6. The van der Waals surface area contributed by atoms with Gasteiger partial charge in [0, 0.05) is 12.6 Å². The predicted octanol–water partition coefficient (Wildman–Crippen LogP) is 4.34. The molecular weight excluding hydrogens is 272 g/mol. The number of halogens is 1. The maximum absolute atomic E-state index is 6.15. The summed E-state index contributed by atoms with van der Waals surface area (Å²) in [5.41, 5.74) is 1.96. The molecule has 3 nitrogen and oxygen atoms in total. The van der Waals surface area contributed by atoms with Gasteiger partial charge >= 0.3 is 0 Å². The summed E-state index contributed by atoms with van der Waals surface area (Å²) >= 11 is 6.15. The SMILES string of the molecule is CCCNCc1nc(Oc2cccc(C)c2)ccc1Cl. The van der Waals surface area contributed by atoms with Gasteiger partial charge in [0.2, 0.25) is 5.88 Å². The highest BCUT2D eigenvalue weighted by Gasteiger charge is 2.05. The molecule has 0 aliphatic rings. The van der Waals surface area contributed by atoms with Gasteiger partial charge in [0.25, 0.3) is 0 Å². The summed E-state index contributed by atoms with van der Waals surface area (Å²) in [6, 6.07) is 11.5. The lowest BCUT2D eigenvalue weighted by Crippen LogP contribution is -2.15. The normalized spacial score (nSPS) is 10.6. The van der Waals surface area contributed by atoms with Crippen molar-refractivity contribution in [2.24, 2.45) is 0 Å². The van der Waals surface area contributed by atoms with Crippen molar-refractivity contribution in [3.8, 4) is 11.6 Å². The van der Waals surface area contributed by atoms with Crippen molar-refractivity contribution in [2.75, 3.05) is 6.54 Å². The summed E-state index contributed by atoms with van der Waals surface area (Å²) in [5.74, 6) is 1.35. The molecule has 2 aromatic rings. The first-order valence-corrected chi connectivity index (χ1v) is 7.17. The Hall–Kier alpha value is -1.58. The van der Waals surface area contributed by atoms with E-state index in [1.165, 1.54) is 0 Å². The Balaban J connectivity index is 2.10. The Kier molecular flexibility index (Phi) is 5.39. The number of ether oxygens (including phenoxy) is 1. The standard InChI is InChI=1S/C16H19ClN2O/c1-3-9-18-11-15-14(17)7-8-16(19-15)20-13-6-4-5-12(2)10-13/h4-8,10,18H,3,9,11H2,1-2H3. The van der Waals surface area contributed by atoms with E-state index in [1.807, 2.05) is 37.3 Å². The number of aryl methyl sites for hydroxylation is 1. The Morgan fingerprint density at radius 1 is 1.25 bits per heavy atom. The van der Waals surface area contributed by atoms with E-state index in [0.717, 1.165) is 30.0 Å². The van der Waals surface area contributed by atoms with Crippen molar-refractivity contribution in [3.05, 3.63) is 52.7 Å². The molecule has 1 aromatic heterocycles. The van der Waals surface area contributed by atoms with E-state index in [0.29, 0.717) is 17.4 Å². The van der Waals surface area contributed by atoms with E-state index in [2.05, 4.69) is 17.2 Å². The fourth-order valence-electron chi connectivity index (χ4n) is 1.83. The molecule has 0 radical (unpaired) electrons. The van der Waals surface area contributed by atoms with E-state index in [1.54, 1.807) is 6.07 Å². The zero-order valence-electron chi connectivity index (χ0n) is 11.8.